The number of hydrogen-bond donors (Lipinski definition) is 1. The number of anilines is 1. The van der Waals surface area contributed by atoms with E-state index in [2.05, 4.69) is 50.3 Å². The SMILES string of the molecule is O=C(NCCCN1CCN(Cc2ccccc2)CC1)N1CCN(c2ccccc2Cl)CC1. The molecule has 0 bridgehead atoms. The van der Waals surface area contributed by atoms with Crippen LogP contribution in [0.5, 0.6) is 0 Å². The van der Waals surface area contributed by atoms with Crippen molar-refractivity contribution >= 4 is 23.3 Å². The number of halogens is 1. The second-order valence-electron chi connectivity index (χ2n) is 8.61. The van der Waals surface area contributed by atoms with Crippen LogP contribution >= 0.6 is 11.6 Å². The molecular weight excluding hydrogens is 422 g/mol. The third-order valence-corrected chi connectivity index (χ3v) is 6.72. The van der Waals surface area contributed by atoms with Crippen LogP contribution in [0.25, 0.3) is 0 Å². The Labute approximate surface area is 196 Å². The van der Waals surface area contributed by atoms with Gasteiger partial charge < -0.3 is 20.0 Å². The van der Waals surface area contributed by atoms with Crippen molar-refractivity contribution in [2.24, 2.45) is 0 Å². The van der Waals surface area contributed by atoms with Crippen molar-refractivity contribution < 1.29 is 4.79 Å². The highest BCUT2D eigenvalue weighted by Gasteiger charge is 2.22. The largest absolute Gasteiger partial charge is 0.367 e. The molecule has 1 N–H and O–H groups in total. The van der Waals surface area contributed by atoms with E-state index in [-0.39, 0.29) is 6.03 Å². The Kier molecular flexibility index (Phi) is 8.26. The van der Waals surface area contributed by atoms with Gasteiger partial charge in [0.25, 0.3) is 0 Å². The van der Waals surface area contributed by atoms with Crippen LogP contribution in [0, 0.1) is 0 Å². The molecule has 0 aromatic heterocycles. The lowest BCUT2D eigenvalue weighted by Gasteiger charge is -2.36. The molecule has 2 aliphatic heterocycles. The number of benzene rings is 2. The fourth-order valence-electron chi connectivity index (χ4n) is 4.48. The fraction of sp³-hybridized carbons (Fsp3) is 0.480. The number of nitrogens with zero attached hydrogens (tertiary/aromatic N) is 4. The van der Waals surface area contributed by atoms with Gasteiger partial charge >= 0.3 is 6.03 Å². The van der Waals surface area contributed by atoms with Crippen LogP contribution in [0.1, 0.15) is 12.0 Å². The predicted octanol–water partition coefficient (Wildman–Crippen LogP) is 3.38. The number of hydrogen-bond acceptors (Lipinski definition) is 4. The van der Waals surface area contributed by atoms with Crippen molar-refractivity contribution in [3.8, 4) is 0 Å². The van der Waals surface area contributed by atoms with Gasteiger partial charge in [-0.25, -0.2) is 4.79 Å². The van der Waals surface area contributed by atoms with Gasteiger partial charge in [-0.2, -0.15) is 0 Å². The maximum Gasteiger partial charge on any atom is 0.317 e. The van der Waals surface area contributed by atoms with Crippen molar-refractivity contribution in [3.63, 3.8) is 0 Å². The third kappa shape index (κ3) is 6.37. The van der Waals surface area contributed by atoms with Gasteiger partial charge in [-0.3, -0.25) is 4.90 Å². The van der Waals surface area contributed by atoms with Gasteiger partial charge in [0.15, 0.2) is 0 Å². The highest BCUT2D eigenvalue weighted by Crippen LogP contribution is 2.26. The Morgan fingerprint density at radius 1 is 0.812 bits per heavy atom. The van der Waals surface area contributed by atoms with Crippen molar-refractivity contribution in [1.82, 2.24) is 20.0 Å². The molecule has 0 spiro atoms. The van der Waals surface area contributed by atoms with Crippen LogP contribution in [-0.4, -0.2) is 86.2 Å². The molecule has 0 radical (unpaired) electrons. The zero-order valence-electron chi connectivity index (χ0n) is 18.8. The monoisotopic (exact) mass is 455 g/mol. The van der Waals surface area contributed by atoms with Crippen LogP contribution in [0.3, 0.4) is 0 Å². The Morgan fingerprint density at radius 3 is 2.19 bits per heavy atom. The number of para-hydroxylation sites is 1. The van der Waals surface area contributed by atoms with E-state index in [0.717, 1.165) is 89.1 Å². The Bertz CT molecular complexity index is 848. The van der Waals surface area contributed by atoms with Crippen molar-refractivity contribution in [3.05, 3.63) is 65.2 Å². The van der Waals surface area contributed by atoms with Crippen molar-refractivity contribution in [2.45, 2.75) is 13.0 Å². The summed E-state index contributed by atoms with van der Waals surface area (Å²) in [4.78, 5) is 21.7. The van der Waals surface area contributed by atoms with Crippen LogP contribution in [0.4, 0.5) is 10.5 Å². The normalized spacial score (nSPS) is 18.0. The molecule has 6 nitrogen and oxygen atoms in total. The maximum atomic E-state index is 12.5. The summed E-state index contributed by atoms with van der Waals surface area (Å²) in [6, 6.07) is 18.6. The predicted molar refractivity (Wildman–Crippen MR) is 131 cm³/mol. The Hall–Kier alpha value is -2.28. The molecule has 2 aliphatic rings. The molecule has 2 saturated heterocycles. The average molecular weight is 456 g/mol. The molecule has 0 unspecified atom stereocenters. The molecule has 2 fully saturated rings. The molecule has 0 atom stereocenters. The molecule has 0 saturated carbocycles. The number of nitrogens with one attached hydrogen (secondary N) is 1. The third-order valence-electron chi connectivity index (χ3n) is 6.40. The summed E-state index contributed by atoms with van der Waals surface area (Å²) in [6.45, 7) is 10.3. The molecule has 4 rings (SSSR count). The topological polar surface area (TPSA) is 42.1 Å². The van der Waals surface area contributed by atoms with Gasteiger partial charge in [0, 0.05) is 65.4 Å². The van der Waals surface area contributed by atoms with Gasteiger partial charge in [0.05, 0.1) is 10.7 Å². The minimum atomic E-state index is 0.0523. The summed E-state index contributed by atoms with van der Waals surface area (Å²) in [5.41, 5.74) is 2.44. The molecule has 0 aliphatic carbocycles. The molecule has 7 heteroatoms. The maximum absolute atomic E-state index is 12.5. The van der Waals surface area contributed by atoms with E-state index < -0.39 is 0 Å². The molecule has 172 valence electrons. The quantitative estimate of drug-likeness (QED) is 0.650. The van der Waals surface area contributed by atoms with Crippen LogP contribution in [-0.2, 0) is 6.54 Å². The smallest absolute Gasteiger partial charge is 0.317 e. The van der Waals surface area contributed by atoms with E-state index in [4.69, 9.17) is 11.6 Å². The van der Waals surface area contributed by atoms with Crippen LogP contribution < -0.4 is 10.2 Å². The van der Waals surface area contributed by atoms with E-state index in [1.807, 2.05) is 29.2 Å². The van der Waals surface area contributed by atoms with E-state index in [1.165, 1.54) is 5.56 Å². The summed E-state index contributed by atoms with van der Waals surface area (Å²) in [5.74, 6) is 0. The number of piperazine rings is 2. The second-order valence-corrected chi connectivity index (χ2v) is 9.02. The molecule has 2 amide bonds. The lowest BCUT2D eigenvalue weighted by Crippen LogP contribution is -2.52. The molecule has 2 aromatic rings. The van der Waals surface area contributed by atoms with Crippen molar-refractivity contribution in [1.29, 1.82) is 0 Å². The molecule has 32 heavy (non-hydrogen) atoms. The van der Waals surface area contributed by atoms with Gasteiger partial charge in [0.2, 0.25) is 0 Å². The minimum absolute atomic E-state index is 0.0523. The van der Waals surface area contributed by atoms with E-state index in [9.17, 15) is 4.79 Å². The number of carbonyl (C=O) groups excluding carboxylic acids is 1. The molecule has 2 aromatic carbocycles. The summed E-state index contributed by atoms with van der Waals surface area (Å²) >= 11 is 6.31. The average Bonchev–Trinajstić information content (AvgIpc) is 2.84. The lowest BCUT2D eigenvalue weighted by molar-refractivity contribution is 0.126. The Morgan fingerprint density at radius 2 is 1.47 bits per heavy atom. The number of amides is 2. The first kappa shape index (κ1) is 22.9. The molecular formula is C25H34ClN5O. The lowest BCUT2D eigenvalue weighted by atomic mass is 10.2. The van der Waals surface area contributed by atoms with Gasteiger partial charge in [-0.1, -0.05) is 54.1 Å². The van der Waals surface area contributed by atoms with Crippen molar-refractivity contribution in [2.75, 3.05) is 70.3 Å². The summed E-state index contributed by atoms with van der Waals surface area (Å²) in [6.07, 6.45) is 0.990. The first-order valence-electron chi connectivity index (χ1n) is 11.7. The summed E-state index contributed by atoms with van der Waals surface area (Å²) < 4.78 is 0. The minimum Gasteiger partial charge on any atom is -0.367 e. The molecule has 2 heterocycles. The second kappa shape index (κ2) is 11.5. The van der Waals surface area contributed by atoms with E-state index in [0.29, 0.717) is 0 Å². The standard InChI is InChI=1S/C25H34ClN5O/c26-23-9-4-5-10-24(23)30-17-19-31(20-18-30)25(32)27-11-6-12-28-13-15-29(16-14-28)21-22-7-2-1-3-8-22/h1-5,7-10H,6,11-21H2,(H,27,32). The highest BCUT2D eigenvalue weighted by molar-refractivity contribution is 6.33. The first-order valence-corrected chi connectivity index (χ1v) is 12.1. The zero-order valence-corrected chi connectivity index (χ0v) is 19.5. The van der Waals surface area contributed by atoms with Crippen LogP contribution in [0.2, 0.25) is 5.02 Å². The van der Waals surface area contributed by atoms with E-state index >= 15 is 0 Å². The number of rotatable bonds is 7. The van der Waals surface area contributed by atoms with Gasteiger partial charge in [0.1, 0.15) is 0 Å². The number of carbonyl (C=O) groups is 1. The number of urea groups is 1. The van der Waals surface area contributed by atoms with Gasteiger partial charge in [-0.15, -0.1) is 0 Å². The van der Waals surface area contributed by atoms with E-state index in [1.54, 1.807) is 0 Å². The fourth-order valence-corrected chi connectivity index (χ4v) is 4.74. The zero-order chi connectivity index (χ0) is 22.2. The highest BCUT2D eigenvalue weighted by atomic mass is 35.5. The summed E-state index contributed by atoms with van der Waals surface area (Å²) in [5, 5.41) is 3.87. The summed E-state index contributed by atoms with van der Waals surface area (Å²) in [7, 11) is 0. The first-order chi connectivity index (χ1) is 15.7. The van der Waals surface area contributed by atoms with Gasteiger partial charge in [-0.05, 0) is 30.7 Å². The Balaban J connectivity index is 1.08. The van der Waals surface area contributed by atoms with Crippen LogP contribution in [0.15, 0.2) is 54.6 Å².